The van der Waals surface area contributed by atoms with Crippen LogP contribution in [-0.4, -0.2) is 58.3 Å². The fraction of sp³-hybridized carbons (Fsp3) is 0.524. The first-order valence-electron chi connectivity index (χ1n) is 9.93. The number of likely N-dealkylation sites (tertiary alicyclic amines) is 1. The van der Waals surface area contributed by atoms with Crippen LogP contribution in [0.1, 0.15) is 48.0 Å². The van der Waals surface area contributed by atoms with Gasteiger partial charge in [-0.15, -0.1) is 11.3 Å². The Balaban J connectivity index is 1.71. The number of amides is 2. The molecule has 3 rings (SSSR count). The summed E-state index contributed by atoms with van der Waals surface area (Å²) < 4.78 is 0. The first-order chi connectivity index (χ1) is 13.5. The summed E-state index contributed by atoms with van der Waals surface area (Å²) in [6.07, 6.45) is 7.26. The molecule has 0 saturated carbocycles. The molecular formula is C21H28N4O2S. The van der Waals surface area contributed by atoms with Gasteiger partial charge in [0.15, 0.2) is 0 Å². The van der Waals surface area contributed by atoms with Gasteiger partial charge in [0.05, 0.1) is 11.6 Å². The van der Waals surface area contributed by atoms with Crippen molar-refractivity contribution in [2.24, 2.45) is 5.92 Å². The summed E-state index contributed by atoms with van der Waals surface area (Å²) in [5.74, 6) is 0.0347. The highest BCUT2D eigenvalue weighted by molar-refractivity contribution is 7.17. The van der Waals surface area contributed by atoms with E-state index >= 15 is 0 Å². The zero-order valence-corrected chi connectivity index (χ0v) is 17.7. The second-order valence-corrected chi connectivity index (χ2v) is 8.38. The number of aromatic nitrogens is 2. The van der Waals surface area contributed by atoms with Crippen molar-refractivity contribution >= 4 is 23.2 Å². The zero-order chi connectivity index (χ0) is 20.1. The Morgan fingerprint density at radius 1 is 1.39 bits per heavy atom. The highest BCUT2D eigenvalue weighted by Crippen LogP contribution is 2.29. The predicted octanol–water partition coefficient (Wildman–Crippen LogP) is 3.62. The molecule has 2 amide bonds. The van der Waals surface area contributed by atoms with Crippen molar-refractivity contribution in [3.8, 4) is 10.6 Å². The van der Waals surface area contributed by atoms with Gasteiger partial charge in [-0.05, 0) is 38.3 Å². The van der Waals surface area contributed by atoms with Gasteiger partial charge in [0, 0.05) is 44.6 Å². The Hall–Kier alpha value is -2.28. The first-order valence-corrected chi connectivity index (χ1v) is 10.7. The number of aryl methyl sites for hydroxylation is 1. The third-order valence-corrected chi connectivity index (χ3v) is 6.37. The second-order valence-electron chi connectivity index (χ2n) is 7.38. The number of thiazole rings is 1. The van der Waals surface area contributed by atoms with Crippen molar-refractivity contribution < 1.29 is 9.59 Å². The number of rotatable bonds is 6. The molecule has 0 aliphatic carbocycles. The van der Waals surface area contributed by atoms with Gasteiger partial charge in [0.25, 0.3) is 5.91 Å². The van der Waals surface area contributed by atoms with Crippen molar-refractivity contribution in [2.45, 2.75) is 39.5 Å². The molecule has 0 bridgehead atoms. The lowest BCUT2D eigenvalue weighted by Crippen LogP contribution is -2.46. The van der Waals surface area contributed by atoms with Crippen LogP contribution in [0.15, 0.2) is 24.5 Å². The summed E-state index contributed by atoms with van der Waals surface area (Å²) in [6.45, 7) is 5.96. The van der Waals surface area contributed by atoms with Gasteiger partial charge in [0.2, 0.25) is 5.91 Å². The lowest BCUT2D eigenvalue weighted by molar-refractivity contribution is -0.135. The Morgan fingerprint density at radius 2 is 2.21 bits per heavy atom. The molecule has 28 heavy (non-hydrogen) atoms. The van der Waals surface area contributed by atoms with Crippen molar-refractivity contribution in [3.05, 3.63) is 35.1 Å². The minimum absolute atomic E-state index is 0.0150. The van der Waals surface area contributed by atoms with E-state index in [4.69, 9.17) is 0 Å². The summed E-state index contributed by atoms with van der Waals surface area (Å²) in [5.41, 5.74) is 1.65. The van der Waals surface area contributed by atoms with E-state index in [9.17, 15) is 9.59 Å². The molecule has 0 spiro atoms. The number of hydrogen-bond donors (Lipinski definition) is 0. The maximum atomic E-state index is 13.1. The summed E-state index contributed by atoms with van der Waals surface area (Å²) in [6, 6.07) is 3.81. The van der Waals surface area contributed by atoms with E-state index in [-0.39, 0.29) is 17.7 Å². The molecule has 3 heterocycles. The van der Waals surface area contributed by atoms with E-state index in [0.717, 1.165) is 48.5 Å². The maximum Gasteiger partial charge on any atom is 0.265 e. The monoisotopic (exact) mass is 400 g/mol. The molecule has 0 radical (unpaired) electrons. The smallest absolute Gasteiger partial charge is 0.265 e. The van der Waals surface area contributed by atoms with E-state index < -0.39 is 0 Å². The molecule has 150 valence electrons. The van der Waals surface area contributed by atoms with Crippen LogP contribution >= 0.6 is 11.3 Å². The molecule has 1 aliphatic heterocycles. The summed E-state index contributed by atoms with van der Waals surface area (Å²) >= 11 is 1.40. The van der Waals surface area contributed by atoms with Crippen molar-refractivity contribution in [3.63, 3.8) is 0 Å². The van der Waals surface area contributed by atoms with Crippen LogP contribution in [0.3, 0.4) is 0 Å². The maximum absolute atomic E-state index is 13.1. The second kappa shape index (κ2) is 9.28. The van der Waals surface area contributed by atoms with Gasteiger partial charge < -0.3 is 9.80 Å². The van der Waals surface area contributed by atoms with Gasteiger partial charge in [-0.2, -0.15) is 0 Å². The number of pyridine rings is 1. The summed E-state index contributed by atoms with van der Waals surface area (Å²) in [7, 11) is 1.87. The molecule has 1 unspecified atom stereocenters. The molecule has 2 aromatic heterocycles. The lowest BCUT2D eigenvalue weighted by Gasteiger charge is -2.33. The van der Waals surface area contributed by atoms with Gasteiger partial charge >= 0.3 is 0 Å². The quantitative estimate of drug-likeness (QED) is 0.743. The molecule has 2 aromatic rings. The molecule has 1 aliphatic rings. The van der Waals surface area contributed by atoms with E-state index in [1.165, 1.54) is 11.3 Å². The van der Waals surface area contributed by atoms with Crippen LogP contribution in [0.4, 0.5) is 0 Å². The highest BCUT2D eigenvalue weighted by Gasteiger charge is 2.32. The van der Waals surface area contributed by atoms with Gasteiger partial charge in [0.1, 0.15) is 9.88 Å². The normalized spacial score (nSPS) is 16.8. The average molecular weight is 401 g/mol. The van der Waals surface area contributed by atoms with E-state index in [1.54, 1.807) is 12.4 Å². The van der Waals surface area contributed by atoms with Gasteiger partial charge in [-0.3, -0.25) is 14.6 Å². The molecule has 1 atom stereocenters. The molecular weight excluding hydrogens is 372 g/mol. The molecule has 6 nitrogen and oxygen atoms in total. The van der Waals surface area contributed by atoms with Gasteiger partial charge in [-0.25, -0.2) is 4.98 Å². The van der Waals surface area contributed by atoms with Crippen LogP contribution in [0.25, 0.3) is 10.6 Å². The van der Waals surface area contributed by atoms with E-state index in [2.05, 4.69) is 16.9 Å². The standard InChI is InChI=1S/C21H28N4O2S/c1-4-5-11-24(3)20(26)17-9-7-12-25(14-17)21(27)18-15(2)23-19(28-18)16-8-6-10-22-13-16/h6,8,10,13,17H,4-5,7,9,11-12,14H2,1-3H3. The Morgan fingerprint density at radius 3 is 2.93 bits per heavy atom. The fourth-order valence-corrected chi connectivity index (χ4v) is 4.56. The molecule has 7 heteroatoms. The topological polar surface area (TPSA) is 66.4 Å². The van der Waals surface area contributed by atoms with Crippen LogP contribution in [0.5, 0.6) is 0 Å². The van der Waals surface area contributed by atoms with Crippen LogP contribution < -0.4 is 0 Å². The Bertz CT molecular complexity index is 821. The molecule has 0 aromatic carbocycles. The third-order valence-electron chi connectivity index (χ3n) is 5.18. The van der Waals surface area contributed by atoms with E-state index in [1.807, 2.05) is 35.9 Å². The molecule has 1 saturated heterocycles. The third kappa shape index (κ3) is 4.58. The van der Waals surface area contributed by atoms with Crippen molar-refractivity contribution in [2.75, 3.05) is 26.7 Å². The number of carbonyl (C=O) groups is 2. The van der Waals surface area contributed by atoms with Crippen molar-refractivity contribution in [1.29, 1.82) is 0 Å². The van der Waals surface area contributed by atoms with Crippen LogP contribution in [0, 0.1) is 12.8 Å². The number of hydrogen-bond acceptors (Lipinski definition) is 5. The zero-order valence-electron chi connectivity index (χ0n) is 16.9. The lowest BCUT2D eigenvalue weighted by atomic mass is 9.96. The number of piperidine rings is 1. The molecule has 0 N–H and O–H groups in total. The average Bonchev–Trinajstić information content (AvgIpc) is 3.13. The minimum Gasteiger partial charge on any atom is -0.345 e. The fourth-order valence-electron chi connectivity index (χ4n) is 3.53. The highest BCUT2D eigenvalue weighted by atomic mass is 32.1. The predicted molar refractivity (Wildman–Crippen MR) is 111 cm³/mol. The number of carbonyl (C=O) groups excluding carboxylic acids is 2. The summed E-state index contributed by atoms with van der Waals surface area (Å²) in [5, 5.41) is 0.804. The Kier molecular flexibility index (Phi) is 6.78. The number of nitrogens with zero attached hydrogens (tertiary/aromatic N) is 4. The van der Waals surface area contributed by atoms with Crippen molar-refractivity contribution in [1.82, 2.24) is 19.8 Å². The largest absolute Gasteiger partial charge is 0.345 e. The molecule has 1 fully saturated rings. The van der Waals surface area contributed by atoms with Crippen LogP contribution in [-0.2, 0) is 4.79 Å². The summed E-state index contributed by atoms with van der Waals surface area (Å²) in [4.78, 5) is 38.9. The first kappa shape index (κ1) is 20.5. The minimum atomic E-state index is -0.106. The van der Waals surface area contributed by atoms with Gasteiger partial charge in [-0.1, -0.05) is 13.3 Å². The number of unbranched alkanes of at least 4 members (excludes halogenated alkanes) is 1. The van der Waals surface area contributed by atoms with Crippen LogP contribution in [0.2, 0.25) is 0 Å². The van der Waals surface area contributed by atoms with E-state index in [0.29, 0.717) is 18.0 Å². The SMILES string of the molecule is CCCCN(C)C(=O)C1CCCN(C(=O)c2sc(-c3cccnc3)nc2C)C1. The Labute approximate surface area is 170 Å².